The summed E-state index contributed by atoms with van der Waals surface area (Å²) < 4.78 is 4.68. The summed E-state index contributed by atoms with van der Waals surface area (Å²) in [6.45, 7) is 1.83. The number of nitrogens with zero attached hydrogens (tertiary/aromatic N) is 3. The normalized spacial score (nSPS) is 12.3. The molecule has 0 spiro atoms. The molecule has 1 unspecified atom stereocenters. The number of pyridine rings is 1. The third kappa shape index (κ3) is 2.95. The average Bonchev–Trinajstić information content (AvgIpc) is 2.43. The van der Waals surface area contributed by atoms with Gasteiger partial charge in [0.1, 0.15) is 5.52 Å². The summed E-state index contributed by atoms with van der Waals surface area (Å²) in [5.41, 5.74) is 1.39. The smallest absolute Gasteiger partial charge is 0.309 e. The van der Waals surface area contributed by atoms with Crippen LogP contribution in [-0.2, 0) is 9.53 Å². The minimum Gasteiger partial charge on any atom is -0.469 e. The van der Waals surface area contributed by atoms with Gasteiger partial charge in [0, 0.05) is 18.1 Å². The molecule has 2 aromatic rings. The molecular formula is C12H13N3O2S. The monoisotopic (exact) mass is 263 g/mol. The van der Waals surface area contributed by atoms with E-state index in [2.05, 4.69) is 19.7 Å². The van der Waals surface area contributed by atoms with Crippen LogP contribution in [0.5, 0.6) is 0 Å². The Kier molecular flexibility index (Phi) is 4.09. The third-order valence-corrected chi connectivity index (χ3v) is 3.58. The minimum absolute atomic E-state index is 0.153. The first-order chi connectivity index (χ1) is 8.70. The lowest BCUT2D eigenvalue weighted by molar-refractivity contribution is -0.143. The van der Waals surface area contributed by atoms with Crippen LogP contribution >= 0.6 is 11.8 Å². The van der Waals surface area contributed by atoms with Gasteiger partial charge in [-0.3, -0.25) is 9.78 Å². The van der Waals surface area contributed by atoms with Crippen LogP contribution in [0, 0.1) is 5.92 Å². The van der Waals surface area contributed by atoms with E-state index >= 15 is 0 Å². The molecule has 0 amide bonds. The molecule has 0 bridgehead atoms. The number of ether oxygens (including phenoxy) is 1. The fourth-order valence-electron chi connectivity index (χ4n) is 1.40. The lowest BCUT2D eigenvalue weighted by Crippen LogP contribution is -2.14. The summed E-state index contributed by atoms with van der Waals surface area (Å²) in [6, 6.07) is 3.76. The molecule has 0 aromatic carbocycles. The maximum absolute atomic E-state index is 11.3. The second-order valence-electron chi connectivity index (χ2n) is 3.78. The number of esters is 1. The molecule has 0 fully saturated rings. The molecule has 2 aromatic heterocycles. The van der Waals surface area contributed by atoms with E-state index in [-0.39, 0.29) is 11.9 Å². The van der Waals surface area contributed by atoms with Gasteiger partial charge < -0.3 is 4.74 Å². The molecule has 0 aliphatic carbocycles. The molecule has 5 nitrogen and oxygen atoms in total. The van der Waals surface area contributed by atoms with Crippen molar-refractivity contribution in [2.75, 3.05) is 12.9 Å². The molecule has 2 heterocycles. The first-order valence-electron chi connectivity index (χ1n) is 5.49. The Morgan fingerprint density at radius 1 is 1.39 bits per heavy atom. The molecule has 2 rings (SSSR count). The van der Waals surface area contributed by atoms with E-state index in [9.17, 15) is 4.79 Å². The van der Waals surface area contributed by atoms with E-state index in [1.807, 2.05) is 19.1 Å². The van der Waals surface area contributed by atoms with Crippen molar-refractivity contribution in [1.82, 2.24) is 15.0 Å². The van der Waals surface area contributed by atoms with Gasteiger partial charge in [0.25, 0.3) is 0 Å². The summed E-state index contributed by atoms with van der Waals surface area (Å²) in [4.78, 5) is 23.9. The molecule has 0 radical (unpaired) electrons. The Bertz CT molecular complexity index is 562. The molecule has 1 atom stereocenters. The van der Waals surface area contributed by atoms with Crippen molar-refractivity contribution >= 4 is 28.9 Å². The van der Waals surface area contributed by atoms with E-state index in [1.165, 1.54) is 18.9 Å². The highest BCUT2D eigenvalue weighted by Gasteiger charge is 2.13. The Morgan fingerprint density at radius 3 is 2.94 bits per heavy atom. The van der Waals surface area contributed by atoms with Gasteiger partial charge in [0.05, 0.1) is 18.1 Å². The number of fused-ring (bicyclic) bond motifs is 1. The fourth-order valence-corrected chi connectivity index (χ4v) is 2.27. The van der Waals surface area contributed by atoms with E-state index < -0.39 is 0 Å². The third-order valence-electron chi connectivity index (χ3n) is 2.39. The van der Waals surface area contributed by atoms with Crippen LogP contribution in [0.15, 0.2) is 29.6 Å². The van der Waals surface area contributed by atoms with Crippen LogP contribution in [0.4, 0.5) is 0 Å². The number of hydrogen-bond acceptors (Lipinski definition) is 6. The Hall–Kier alpha value is -1.69. The van der Waals surface area contributed by atoms with Gasteiger partial charge in [0.2, 0.25) is 0 Å². The zero-order valence-electron chi connectivity index (χ0n) is 10.2. The molecule has 18 heavy (non-hydrogen) atoms. The van der Waals surface area contributed by atoms with Gasteiger partial charge >= 0.3 is 5.97 Å². The SMILES string of the molecule is COC(=O)C(C)CSc1ccc2nccnc2n1. The molecule has 0 saturated heterocycles. The highest BCUT2D eigenvalue weighted by molar-refractivity contribution is 7.99. The largest absolute Gasteiger partial charge is 0.469 e. The van der Waals surface area contributed by atoms with E-state index in [1.54, 1.807) is 12.4 Å². The summed E-state index contributed by atoms with van der Waals surface area (Å²) in [5.74, 6) is 0.272. The topological polar surface area (TPSA) is 65.0 Å². The highest BCUT2D eigenvalue weighted by atomic mass is 32.2. The number of carbonyl (C=O) groups excluding carboxylic acids is 1. The zero-order chi connectivity index (χ0) is 13.0. The zero-order valence-corrected chi connectivity index (χ0v) is 11.0. The predicted molar refractivity (Wildman–Crippen MR) is 69.2 cm³/mol. The van der Waals surface area contributed by atoms with Crippen LogP contribution in [0.25, 0.3) is 11.2 Å². The Balaban J connectivity index is 2.06. The minimum atomic E-state index is -0.205. The van der Waals surface area contributed by atoms with Crippen molar-refractivity contribution < 1.29 is 9.53 Å². The van der Waals surface area contributed by atoms with Crippen LogP contribution in [0.1, 0.15) is 6.92 Å². The summed E-state index contributed by atoms with van der Waals surface area (Å²) in [5, 5.41) is 0.832. The van der Waals surface area contributed by atoms with E-state index in [4.69, 9.17) is 0 Å². The van der Waals surface area contributed by atoms with Crippen LogP contribution < -0.4 is 0 Å². The number of carbonyl (C=O) groups is 1. The molecule has 6 heteroatoms. The summed E-state index contributed by atoms with van der Waals surface area (Å²) in [6.07, 6.45) is 3.25. The second-order valence-corrected chi connectivity index (χ2v) is 4.82. The van der Waals surface area contributed by atoms with Gasteiger partial charge in [0.15, 0.2) is 5.65 Å². The number of aromatic nitrogens is 3. The number of methoxy groups -OCH3 is 1. The Morgan fingerprint density at radius 2 is 2.17 bits per heavy atom. The van der Waals surface area contributed by atoms with Gasteiger partial charge in [-0.2, -0.15) is 0 Å². The van der Waals surface area contributed by atoms with Crippen molar-refractivity contribution in [2.24, 2.45) is 5.92 Å². The predicted octanol–water partition coefficient (Wildman–Crippen LogP) is 1.93. The van der Waals surface area contributed by atoms with Crippen LogP contribution in [-0.4, -0.2) is 33.8 Å². The number of thioether (sulfide) groups is 1. The van der Waals surface area contributed by atoms with E-state index in [0.29, 0.717) is 11.4 Å². The van der Waals surface area contributed by atoms with Crippen molar-refractivity contribution in [3.8, 4) is 0 Å². The van der Waals surface area contributed by atoms with Crippen molar-refractivity contribution in [3.05, 3.63) is 24.5 Å². The molecule has 0 aliphatic heterocycles. The second kappa shape index (κ2) is 5.77. The number of hydrogen-bond donors (Lipinski definition) is 0. The summed E-state index contributed by atoms with van der Waals surface area (Å²) >= 11 is 1.51. The lowest BCUT2D eigenvalue weighted by atomic mass is 10.2. The molecule has 0 N–H and O–H groups in total. The standard InChI is InChI=1S/C12H13N3O2S/c1-8(12(16)17-2)7-18-10-4-3-9-11(15-10)14-6-5-13-9/h3-6,8H,7H2,1-2H3. The molecule has 94 valence electrons. The lowest BCUT2D eigenvalue weighted by Gasteiger charge is -2.08. The van der Waals surface area contributed by atoms with Crippen molar-refractivity contribution in [3.63, 3.8) is 0 Å². The van der Waals surface area contributed by atoms with Gasteiger partial charge in [-0.25, -0.2) is 9.97 Å². The summed E-state index contributed by atoms with van der Waals surface area (Å²) in [7, 11) is 1.40. The fraction of sp³-hybridized carbons (Fsp3) is 0.333. The van der Waals surface area contributed by atoms with E-state index in [0.717, 1.165) is 10.5 Å². The van der Waals surface area contributed by atoms with Crippen molar-refractivity contribution in [2.45, 2.75) is 11.9 Å². The first kappa shape index (κ1) is 12.8. The maximum Gasteiger partial charge on any atom is 0.309 e. The maximum atomic E-state index is 11.3. The molecular weight excluding hydrogens is 250 g/mol. The number of rotatable bonds is 4. The first-order valence-corrected chi connectivity index (χ1v) is 6.47. The highest BCUT2D eigenvalue weighted by Crippen LogP contribution is 2.20. The average molecular weight is 263 g/mol. The van der Waals surface area contributed by atoms with Crippen LogP contribution in [0.3, 0.4) is 0 Å². The quantitative estimate of drug-likeness (QED) is 0.620. The van der Waals surface area contributed by atoms with Crippen molar-refractivity contribution in [1.29, 1.82) is 0 Å². The Labute approximate surface area is 109 Å². The van der Waals surface area contributed by atoms with Gasteiger partial charge in [-0.05, 0) is 12.1 Å². The molecule has 0 saturated carbocycles. The molecule has 0 aliphatic rings. The van der Waals surface area contributed by atoms with Gasteiger partial charge in [-0.1, -0.05) is 6.92 Å². The van der Waals surface area contributed by atoms with Crippen LogP contribution in [0.2, 0.25) is 0 Å². The van der Waals surface area contributed by atoms with Gasteiger partial charge in [-0.15, -0.1) is 11.8 Å².